The van der Waals surface area contributed by atoms with E-state index >= 15 is 0 Å². The van der Waals surface area contributed by atoms with Crippen LogP contribution in [0.4, 0.5) is 0 Å². The lowest BCUT2D eigenvalue weighted by Crippen LogP contribution is -1.98. The molecule has 0 aliphatic rings. The van der Waals surface area contributed by atoms with E-state index in [0.29, 0.717) is 0 Å². The highest BCUT2D eigenvalue weighted by Crippen LogP contribution is 2.08. The van der Waals surface area contributed by atoms with Crippen molar-refractivity contribution in [3.63, 3.8) is 0 Å². The van der Waals surface area contributed by atoms with Gasteiger partial charge in [0, 0.05) is 6.08 Å². The average molecular weight is 344 g/mol. The van der Waals surface area contributed by atoms with Crippen molar-refractivity contribution in [2.24, 2.45) is 0 Å². The number of unbranched alkanes of at least 4 members (excludes halogenated alkanes) is 5. The highest BCUT2D eigenvalue weighted by atomic mass is 16.4. The maximum absolute atomic E-state index is 10.2. The number of hydrogen-bond donors (Lipinski definition) is 2. The van der Waals surface area contributed by atoms with Crippen molar-refractivity contribution < 1.29 is 15.0 Å². The molecule has 0 bridgehead atoms. The van der Waals surface area contributed by atoms with Crippen LogP contribution in [0.1, 0.15) is 51.9 Å². The molecule has 1 atom stereocenters. The first kappa shape index (κ1) is 22.9. The molecule has 3 heteroatoms. The number of aliphatic hydroxyl groups excluding tert-OH is 1. The third-order valence-electron chi connectivity index (χ3n) is 3.37. The largest absolute Gasteiger partial charge is 0.478 e. The molecular weight excluding hydrogens is 312 g/mol. The van der Waals surface area contributed by atoms with Gasteiger partial charge in [-0.1, -0.05) is 92.5 Å². The summed E-state index contributed by atoms with van der Waals surface area (Å²) in [6, 6.07) is 0. The molecule has 0 aliphatic carbocycles. The van der Waals surface area contributed by atoms with Gasteiger partial charge in [0.1, 0.15) is 0 Å². The molecule has 138 valence electrons. The topological polar surface area (TPSA) is 57.5 Å². The van der Waals surface area contributed by atoms with E-state index in [2.05, 4.69) is 12.2 Å². The maximum Gasteiger partial charge on any atom is 0.328 e. The van der Waals surface area contributed by atoms with Gasteiger partial charge in [-0.25, -0.2) is 4.79 Å². The lowest BCUT2D eigenvalue weighted by molar-refractivity contribution is -0.131. The summed E-state index contributed by atoms with van der Waals surface area (Å²) in [6.45, 7) is 1.85. The molecule has 1 unspecified atom stereocenters. The predicted octanol–water partition coefficient (Wildman–Crippen LogP) is 5.52. The van der Waals surface area contributed by atoms with Crippen LogP contribution in [-0.2, 0) is 4.79 Å². The first-order valence-corrected chi connectivity index (χ1v) is 9.04. The second-order valence-electron chi connectivity index (χ2n) is 5.86. The lowest BCUT2D eigenvalue weighted by Gasteiger charge is -2.02. The number of carboxylic acids is 1. The van der Waals surface area contributed by atoms with Crippen molar-refractivity contribution in [2.75, 3.05) is 0 Å². The summed E-state index contributed by atoms with van der Waals surface area (Å²) in [5, 5.41) is 17.6. The van der Waals surface area contributed by atoms with E-state index in [9.17, 15) is 4.79 Å². The summed E-state index contributed by atoms with van der Waals surface area (Å²) in [5.41, 5.74) is 0. The molecule has 0 aromatic heterocycles. The summed E-state index contributed by atoms with van der Waals surface area (Å²) in [4.78, 5) is 10.2. The van der Waals surface area contributed by atoms with E-state index in [1.807, 2.05) is 43.4 Å². The van der Waals surface area contributed by atoms with Gasteiger partial charge in [0.2, 0.25) is 0 Å². The van der Waals surface area contributed by atoms with Crippen LogP contribution >= 0.6 is 0 Å². The van der Waals surface area contributed by atoms with E-state index in [1.165, 1.54) is 31.8 Å². The van der Waals surface area contributed by atoms with Gasteiger partial charge < -0.3 is 10.2 Å². The van der Waals surface area contributed by atoms with Crippen LogP contribution < -0.4 is 0 Å². The molecule has 0 amide bonds. The molecule has 0 heterocycles. The van der Waals surface area contributed by atoms with Crippen LogP contribution in [0.25, 0.3) is 0 Å². The fourth-order valence-corrected chi connectivity index (χ4v) is 2.06. The Bertz CT molecular complexity index is 491. The normalized spacial score (nSPS) is 14.3. The van der Waals surface area contributed by atoms with E-state index in [4.69, 9.17) is 10.2 Å². The van der Waals surface area contributed by atoms with E-state index in [1.54, 1.807) is 12.2 Å². The summed E-state index contributed by atoms with van der Waals surface area (Å²) >= 11 is 0. The van der Waals surface area contributed by atoms with Gasteiger partial charge in [-0.05, 0) is 26.2 Å². The smallest absolute Gasteiger partial charge is 0.328 e. The zero-order valence-corrected chi connectivity index (χ0v) is 15.3. The molecular formula is C22H32O3. The number of aliphatic carboxylic acids is 1. The van der Waals surface area contributed by atoms with Gasteiger partial charge in [-0.3, -0.25) is 0 Å². The Kier molecular flexibility index (Phi) is 16.7. The molecule has 0 spiro atoms. The van der Waals surface area contributed by atoms with Crippen LogP contribution in [0, 0.1) is 0 Å². The Morgan fingerprint density at radius 3 is 1.80 bits per heavy atom. The Morgan fingerprint density at radius 2 is 1.24 bits per heavy atom. The number of hydrogen-bond acceptors (Lipinski definition) is 2. The summed E-state index contributed by atoms with van der Waals surface area (Å²) in [5.74, 6) is -0.945. The Hall–Kier alpha value is -2.13. The van der Waals surface area contributed by atoms with Gasteiger partial charge in [-0.2, -0.15) is 0 Å². The molecule has 2 N–H and O–H groups in total. The van der Waals surface area contributed by atoms with Gasteiger partial charge in [-0.15, -0.1) is 0 Å². The highest BCUT2D eigenvalue weighted by molar-refractivity contribution is 5.80. The average Bonchev–Trinajstić information content (AvgIpc) is 2.56. The molecule has 0 aromatic carbocycles. The van der Waals surface area contributed by atoms with Crippen molar-refractivity contribution in [3.05, 3.63) is 72.9 Å². The Balaban J connectivity index is 3.57. The Morgan fingerprint density at radius 1 is 0.760 bits per heavy atom. The molecule has 0 rings (SSSR count). The summed E-state index contributed by atoms with van der Waals surface area (Å²) in [6.07, 6.45) is 29.8. The fraction of sp³-hybridized carbons (Fsp3) is 0.409. The second kappa shape index (κ2) is 18.2. The van der Waals surface area contributed by atoms with Gasteiger partial charge in [0.25, 0.3) is 0 Å². The Labute approximate surface area is 152 Å². The number of carboxylic acid groups (broad SMARTS) is 1. The van der Waals surface area contributed by atoms with E-state index in [0.717, 1.165) is 25.3 Å². The molecule has 3 nitrogen and oxygen atoms in total. The van der Waals surface area contributed by atoms with Gasteiger partial charge >= 0.3 is 5.97 Å². The van der Waals surface area contributed by atoms with E-state index in [-0.39, 0.29) is 6.10 Å². The second-order valence-corrected chi connectivity index (χ2v) is 5.86. The number of rotatable bonds is 14. The SMILES string of the molecule is CC(O)CCCCCCCC=CC=CC=CC=CC=CC=CC(=O)O. The first-order valence-electron chi connectivity index (χ1n) is 9.04. The zero-order valence-electron chi connectivity index (χ0n) is 15.3. The molecule has 0 fully saturated rings. The lowest BCUT2D eigenvalue weighted by atomic mass is 10.1. The van der Waals surface area contributed by atoms with Crippen LogP contribution in [0.15, 0.2) is 72.9 Å². The van der Waals surface area contributed by atoms with Crippen LogP contribution in [-0.4, -0.2) is 22.3 Å². The van der Waals surface area contributed by atoms with Gasteiger partial charge in [0.05, 0.1) is 6.10 Å². The monoisotopic (exact) mass is 344 g/mol. The number of carbonyl (C=O) groups is 1. The summed E-state index contributed by atoms with van der Waals surface area (Å²) < 4.78 is 0. The highest BCUT2D eigenvalue weighted by Gasteiger charge is 1.94. The zero-order chi connectivity index (χ0) is 18.6. The molecule has 25 heavy (non-hydrogen) atoms. The number of allylic oxidation sites excluding steroid dienone is 11. The van der Waals surface area contributed by atoms with Crippen LogP contribution in [0.2, 0.25) is 0 Å². The molecule has 0 saturated carbocycles. The fourth-order valence-electron chi connectivity index (χ4n) is 2.06. The van der Waals surface area contributed by atoms with Crippen molar-refractivity contribution >= 4 is 5.97 Å². The third kappa shape index (κ3) is 21.9. The molecule has 0 aromatic rings. The van der Waals surface area contributed by atoms with Crippen molar-refractivity contribution in [1.82, 2.24) is 0 Å². The van der Waals surface area contributed by atoms with E-state index < -0.39 is 5.97 Å². The molecule has 0 radical (unpaired) electrons. The summed E-state index contributed by atoms with van der Waals surface area (Å²) in [7, 11) is 0. The quantitative estimate of drug-likeness (QED) is 0.248. The minimum Gasteiger partial charge on any atom is -0.478 e. The molecule has 0 aliphatic heterocycles. The maximum atomic E-state index is 10.2. The van der Waals surface area contributed by atoms with Gasteiger partial charge in [0.15, 0.2) is 0 Å². The minimum atomic E-state index is -0.945. The van der Waals surface area contributed by atoms with Crippen molar-refractivity contribution in [1.29, 1.82) is 0 Å². The predicted molar refractivity (Wildman–Crippen MR) is 106 cm³/mol. The van der Waals surface area contributed by atoms with Crippen LogP contribution in [0.3, 0.4) is 0 Å². The first-order chi connectivity index (χ1) is 12.1. The van der Waals surface area contributed by atoms with Crippen molar-refractivity contribution in [2.45, 2.75) is 58.0 Å². The molecule has 0 saturated heterocycles. The standard InChI is InChI=1S/C22H32O3/c1-21(23)19-17-15-13-11-9-7-5-3-2-4-6-8-10-12-14-16-18-20-22(24)25/h2-6,8,10,12,14,16,18,20-21,23H,7,9,11,13,15,17,19H2,1H3,(H,24,25). The van der Waals surface area contributed by atoms with Crippen LogP contribution in [0.5, 0.6) is 0 Å². The van der Waals surface area contributed by atoms with Crippen molar-refractivity contribution in [3.8, 4) is 0 Å². The minimum absolute atomic E-state index is 0.156. The third-order valence-corrected chi connectivity index (χ3v) is 3.37. The number of aliphatic hydroxyl groups is 1.